The van der Waals surface area contributed by atoms with Crippen molar-refractivity contribution >= 4 is 39.0 Å². The molecule has 8 heteroatoms. The molecule has 3 heterocycles. The summed E-state index contributed by atoms with van der Waals surface area (Å²) in [6.07, 6.45) is 8.25. The topological polar surface area (TPSA) is 75.6 Å². The summed E-state index contributed by atoms with van der Waals surface area (Å²) in [7, 11) is 0. The third-order valence-corrected chi connectivity index (χ3v) is 6.45. The number of aromatic nitrogens is 4. The maximum Gasteiger partial charge on any atom is 0.253 e. The summed E-state index contributed by atoms with van der Waals surface area (Å²) in [4.78, 5) is 25.4. The standard InChI is InChI=1S/C21H20ClN5OS/c1-12(16-7-14-6-15(22)4-5-17(14)26-20(16)28)25-21-24-9-19(29-21)18-8-23-11-27(18)10-13-2-3-13/h4-9,11-13H,2-3,10H2,1H3,(H,24,25)(H,26,28)/t12-/m1/s1. The molecule has 4 aromatic rings. The van der Waals surface area contributed by atoms with Crippen LogP contribution in [0.3, 0.4) is 0 Å². The molecule has 0 radical (unpaired) electrons. The number of nitrogens with zero attached hydrogens (tertiary/aromatic N) is 3. The lowest BCUT2D eigenvalue weighted by Crippen LogP contribution is -2.19. The second kappa shape index (κ2) is 7.31. The van der Waals surface area contributed by atoms with Crippen LogP contribution in [0.5, 0.6) is 0 Å². The molecule has 0 saturated heterocycles. The molecule has 0 spiro atoms. The Morgan fingerprint density at radius 3 is 3.03 bits per heavy atom. The average Bonchev–Trinajstić information content (AvgIpc) is 3.19. The van der Waals surface area contributed by atoms with Crippen molar-refractivity contribution in [3.63, 3.8) is 0 Å². The van der Waals surface area contributed by atoms with Gasteiger partial charge >= 0.3 is 0 Å². The Morgan fingerprint density at radius 2 is 2.21 bits per heavy atom. The van der Waals surface area contributed by atoms with Gasteiger partial charge in [0, 0.05) is 34.2 Å². The van der Waals surface area contributed by atoms with Crippen LogP contribution in [0, 0.1) is 5.92 Å². The van der Waals surface area contributed by atoms with Crippen molar-refractivity contribution < 1.29 is 0 Å². The van der Waals surface area contributed by atoms with Gasteiger partial charge in [-0.3, -0.25) is 4.79 Å². The van der Waals surface area contributed by atoms with Crippen molar-refractivity contribution in [3.8, 4) is 10.6 Å². The third kappa shape index (κ3) is 3.80. The minimum atomic E-state index is -0.197. The maximum absolute atomic E-state index is 12.5. The van der Waals surface area contributed by atoms with Crippen molar-refractivity contribution in [1.82, 2.24) is 19.5 Å². The lowest BCUT2D eigenvalue weighted by molar-refractivity contribution is 0.632. The number of anilines is 1. The minimum Gasteiger partial charge on any atom is -0.355 e. The van der Waals surface area contributed by atoms with E-state index in [-0.39, 0.29) is 11.6 Å². The molecule has 6 nitrogen and oxygen atoms in total. The van der Waals surface area contributed by atoms with Gasteiger partial charge in [-0.15, -0.1) is 0 Å². The monoisotopic (exact) mass is 425 g/mol. The normalized spacial score (nSPS) is 15.0. The molecule has 1 atom stereocenters. The molecule has 2 N–H and O–H groups in total. The first-order valence-electron chi connectivity index (χ1n) is 9.62. The largest absolute Gasteiger partial charge is 0.355 e. The molecule has 1 aromatic carbocycles. The molecule has 1 aliphatic rings. The highest BCUT2D eigenvalue weighted by atomic mass is 35.5. The van der Waals surface area contributed by atoms with Crippen LogP contribution in [0.2, 0.25) is 5.02 Å². The van der Waals surface area contributed by atoms with Gasteiger partial charge in [0.1, 0.15) is 0 Å². The van der Waals surface area contributed by atoms with Gasteiger partial charge in [0.05, 0.1) is 29.1 Å². The van der Waals surface area contributed by atoms with Crippen molar-refractivity contribution in [1.29, 1.82) is 0 Å². The Labute approximate surface area is 176 Å². The van der Waals surface area contributed by atoms with Crippen molar-refractivity contribution in [2.45, 2.75) is 32.4 Å². The first-order valence-corrected chi connectivity index (χ1v) is 10.8. The summed E-state index contributed by atoms with van der Waals surface area (Å²) >= 11 is 7.67. The van der Waals surface area contributed by atoms with E-state index in [1.165, 1.54) is 12.8 Å². The smallest absolute Gasteiger partial charge is 0.253 e. The number of hydrogen-bond acceptors (Lipinski definition) is 5. The maximum atomic E-state index is 12.5. The SMILES string of the molecule is C[C@@H](Nc1ncc(-c2cncn2CC2CC2)s1)c1cc2cc(Cl)ccc2[nH]c1=O. The van der Waals surface area contributed by atoms with Gasteiger partial charge < -0.3 is 14.9 Å². The van der Waals surface area contributed by atoms with Crippen LogP contribution in [0.4, 0.5) is 5.13 Å². The van der Waals surface area contributed by atoms with Gasteiger partial charge in [-0.2, -0.15) is 0 Å². The van der Waals surface area contributed by atoms with Crippen LogP contribution in [0.25, 0.3) is 21.5 Å². The highest BCUT2D eigenvalue weighted by Crippen LogP contribution is 2.35. The van der Waals surface area contributed by atoms with Gasteiger partial charge in [-0.25, -0.2) is 9.97 Å². The lowest BCUT2D eigenvalue weighted by atomic mass is 10.1. The predicted molar refractivity (Wildman–Crippen MR) is 118 cm³/mol. The van der Waals surface area contributed by atoms with Crippen molar-refractivity contribution in [2.24, 2.45) is 5.92 Å². The van der Waals surface area contributed by atoms with Crippen LogP contribution in [-0.2, 0) is 6.54 Å². The fourth-order valence-electron chi connectivity index (χ4n) is 3.49. The van der Waals surface area contributed by atoms with E-state index in [9.17, 15) is 4.79 Å². The molecule has 0 bridgehead atoms. The van der Waals surface area contributed by atoms with Crippen molar-refractivity contribution in [2.75, 3.05) is 5.32 Å². The summed E-state index contributed by atoms with van der Waals surface area (Å²) in [5.74, 6) is 0.779. The number of fused-ring (bicyclic) bond motifs is 1. The highest BCUT2D eigenvalue weighted by molar-refractivity contribution is 7.18. The molecule has 0 unspecified atom stereocenters. The number of pyridine rings is 1. The van der Waals surface area contributed by atoms with Crippen LogP contribution < -0.4 is 10.9 Å². The molecular formula is C21H20ClN5OS. The zero-order valence-electron chi connectivity index (χ0n) is 15.9. The zero-order valence-corrected chi connectivity index (χ0v) is 17.4. The number of aromatic amines is 1. The van der Waals surface area contributed by atoms with Gasteiger partial charge in [0.2, 0.25) is 0 Å². The Balaban J connectivity index is 1.38. The Morgan fingerprint density at radius 1 is 1.34 bits per heavy atom. The number of imidazole rings is 1. The van der Waals surface area contributed by atoms with E-state index < -0.39 is 0 Å². The van der Waals surface area contributed by atoms with Crippen LogP contribution in [-0.4, -0.2) is 19.5 Å². The molecule has 0 aliphatic heterocycles. The van der Waals surface area contributed by atoms with E-state index in [2.05, 4.69) is 24.8 Å². The number of halogens is 1. The molecule has 0 amide bonds. The molecule has 1 fully saturated rings. The van der Waals surface area contributed by atoms with E-state index in [1.54, 1.807) is 17.4 Å². The van der Waals surface area contributed by atoms with E-state index in [4.69, 9.17) is 11.6 Å². The first kappa shape index (κ1) is 18.4. The van der Waals surface area contributed by atoms with Gasteiger partial charge in [-0.1, -0.05) is 22.9 Å². The number of nitrogens with one attached hydrogen (secondary N) is 2. The average molecular weight is 426 g/mol. The van der Waals surface area contributed by atoms with Gasteiger partial charge in [0.25, 0.3) is 5.56 Å². The van der Waals surface area contributed by atoms with E-state index in [0.29, 0.717) is 10.6 Å². The summed E-state index contributed by atoms with van der Waals surface area (Å²) in [5, 5.41) is 5.68. The minimum absolute atomic E-state index is 0.112. The Kier molecular flexibility index (Phi) is 4.64. The number of rotatable bonds is 6. The zero-order chi connectivity index (χ0) is 20.0. The molecule has 1 aliphatic carbocycles. The number of thiazole rings is 1. The molecule has 29 heavy (non-hydrogen) atoms. The van der Waals surface area contributed by atoms with E-state index in [0.717, 1.165) is 39.1 Å². The Hall–Kier alpha value is -2.64. The number of benzene rings is 1. The van der Waals surface area contributed by atoms with Gasteiger partial charge in [-0.05, 0) is 49.9 Å². The molecular weight excluding hydrogens is 406 g/mol. The number of H-pyrrole nitrogens is 1. The molecule has 1 saturated carbocycles. The lowest BCUT2D eigenvalue weighted by Gasteiger charge is -2.13. The predicted octanol–water partition coefficient (Wildman–Crippen LogP) is 5.08. The quantitative estimate of drug-likeness (QED) is 0.451. The molecule has 3 aromatic heterocycles. The van der Waals surface area contributed by atoms with Crippen LogP contribution in [0.15, 0.2) is 47.8 Å². The molecule has 148 valence electrons. The van der Waals surface area contributed by atoms with Gasteiger partial charge in [0.15, 0.2) is 5.13 Å². The second-order valence-electron chi connectivity index (χ2n) is 7.56. The van der Waals surface area contributed by atoms with Crippen molar-refractivity contribution in [3.05, 3.63) is 63.9 Å². The summed E-state index contributed by atoms with van der Waals surface area (Å²) in [6, 6.07) is 7.13. The number of hydrogen-bond donors (Lipinski definition) is 2. The first-order chi connectivity index (χ1) is 14.1. The Bertz CT molecular complexity index is 1240. The fraction of sp³-hybridized carbons (Fsp3) is 0.286. The van der Waals surface area contributed by atoms with Crippen LogP contribution >= 0.6 is 22.9 Å². The third-order valence-electron chi connectivity index (χ3n) is 5.26. The second-order valence-corrected chi connectivity index (χ2v) is 9.02. The molecule has 5 rings (SSSR count). The highest BCUT2D eigenvalue weighted by Gasteiger charge is 2.23. The van der Waals surface area contributed by atoms with Crippen LogP contribution in [0.1, 0.15) is 31.4 Å². The fourth-order valence-corrected chi connectivity index (χ4v) is 4.60. The summed E-state index contributed by atoms with van der Waals surface area (Å²) in [5.41, 5.74) is 2.40. The van der Waals surface area contributed by atoms with E-state index >= 15 is 0 Å². The summed E-state index contributed by atoms with van der Waals surface area (Å²) < 4.78 is 2.20. The van der Waals surface area contributed by atoms with E-state index in [1.807, 2.05) is 43.8 Å². The summed E-state index contributed by atoms with van der Waals surface area (Å²) in [6.45, 7) is 2.97.